The molecule has 5 rings (SSSR count). The lowest BCUT2D eigenvalue weighted by molar-refractivity contribution is -0.138. The zero-order valence-corrected chi connectivity index (χ0v) is 30.5. The molecular formula is C41H49N7O6. The van der Waals surface area contributed by atoms with Gasteiger partial charge >= 0.3 is 12.0 Å². The molecule has 0 bridgehead atoms. The molecule has 3 heterocycles. The molecule has 284 valence electrons. The number of aliphatic carboxylic acids is 1. The number of carboxylic acid groups (broad SMARTS) is 1. The van der Waals surface area contributed by atoms with Crippen molar-refractivity contribution in [1.29, 1.82) is 0 Å². The summed E-state index contributed by atoms with van der Waals surface area (Å²) in [6.07, 6.45) is 7.65. The average molecular weight is 736 g/mol. The van der Waals surface area contributed by atoms with Crippen LogP contribution in [0.3, 0.4) is 0 Å². The van der Waals surface area contributed by atoms with Crippen LogP contribution in [0.1, 0.15) is 55.2 Å². The van der Waals surface area contributed by atoms with Crippen LogP contribution in [-0.2, 0) is 38.4 Å². The van der Waals surface area contributed by atoms with Crippen LogP contribution in [0.4, 0.5) is 4.79 Å². The van der Waals surface area contributed by atoms with Crippen LogP contribution in [0.5, 0.6) is 0 Å². The molecule has 0 saturated carbocycles. The van der Waals surface area contributed by atoms with Gasteiger partial charge in [-0.2, -0.15) is 0 Å². The first kappa shape index (κ1) is 39.5. The summed E-state index contributed by atoms with van der Waals surface area (Å²) in [5.41, 5.74) is 5.05. The first-order valence-electron chi connectivity index (χ1n) is 18.6. The molecule has 2 saturated heterocycles. The molecule has 4 N–H and O–H groups in total. The van der Waals surface area contributed by atoms with Gasteiger partial charge in [0.1, 0.15) is 18.6 Å². The fraction of sp³-hybridized carbons (Fsp3) is 0.415. The van der Waals surface area contributed by atoms with E-state index in [-0.39, 0.29) is 38.8 Å². The summed E-state index contributed by atoms with van der Waals surface area (Å²) in [7, 11) is 0. The Bertz CT molecular complexity index is 1760. The molecule has 2 aliphatic heterocycles. The van der Waals surface area contributed by atoms with Gasteiger partial charge in [0.25, 0.3) is 0 Å². The van der Waals surface area contributed by atoms with Crippen LogP contribution in [0.25, 0.3) is 0 Å². The van der Waals surface area contributed by atoms with Crippen LogP contribution >= 0.6 is 0 Å². The minimum Gasteiger partial charge on any atom is -0.481 e. The van der Waals surface area contributed by atoms with Crippen molar-refractivity contribution in [2.45, 2.75) is 75.9 Å². The topological polar surface area (TPSA) is 164 Å². The predicted octanol–water partition coefficient (Wildman–Crippen LogP) is 2.96. The summed E-state index contributed by atoms with van der Waals surface area (Å²) in [4.78, 5) is 74.7. The van der Waals surface area contributed by atoms with E-state index in [2.05, 4.69) is 37.8 Å². The van der Waals surface area contributed by atoms with Gasteiger partial charge in [-0.25, -0.2) is 9.80 Å². The molecule has 5 amide bonds. The molecule has 0 radical (unpaired) electrons. The highest BCUT2D eigenvalue weighted by atomic mass is 16.4. The van der Waals surface area contributed by atoms with Crippen molar-refractivity contribution in [3.8, 4) is 11.8 Å². The lowest BCUT2D eigenvalue weighted by atomic mass is 10.0. The number of rotatable bonds is 14. The van der Waals surface area contributed by atoms with Gasteiger partial charge in [-0.15, -0.1) is 0 Å². The molecule has 54 heavy (non-hydrogen) atoms. The molecule has 0 aliphatic carbocycles. The summed E-state index contributed by atoms with van der Waals surface area (Å²) < 4.78 is 0. The SMILES string of the molecule is O=C(O)C[C@H](Cc1ccccc1)NC(=O)[C@H](Cc1cccnc1)NC(=O)[C@@H]1CCCN1C(=O)N(CC#CCN1CCCCC1)NC(=O)Cc1ccccc1. The third-order valence-corrected chi connectivity index (χ3v) is 9.50. The fourth-order valence-corrected chi connectivity index (χ4v) is 6.79. The lowest BCUT2D eigenvalue weighted by Gasteiger charge is -2.31. The van der Waals surface area contributed by atoms with E-state index in [1.165, 1.54) is 16.3 Å². The van der Waals surface area contributed by atoms with E-state index in [1.54, 1.807) is 24.5 Å². The van der Waals surface area contributed by atoms with Gasteiger partial charge in [0.05, 0.1) is 19.4 Å². The van der Waals surface area contributed by atoms with Gasteiger partial charge in [-0.1, -0.05) is 85.0 Å². The van der Waals surface area contributed by atoms with E-state index in [0.29, 0.717) is 24.9 Å². The number of hydrogen-bond donors (Lipinski definition) is 4. The van der Waals surface area contributed by atoms with Crippen LogP contribution in [0, 0.1) is 11.8 Å². The lowest BCUT2D eigenvalue weighted by Crippen LogP contribution is -2.58. The molecular weight excluding hydrogens is 686 g/mol. The molecule has 2 fully saturated rings. The Labute approximate surface area is 316 Å². The number of carbonyl (C=O) groups excluding carboxylic acids is 4. The van der Waals surface area contributed by atoms with E-state index in [1.807, 2.05) is 60.7 Å². The molecule has 13 nitrogen and oxygen atoms in total. The monoisotopic (exact) mass is 735 g/mol. The Morgan fingerprint density at radius 3 is 2.20 bits per heavy atom. The number of hydrogen-bond acceptors (Lipinski definition) is 7. The van der Waals surface area contributed by atoms with Gasteiger partial charge in [-0.05, 0) is 68.0 Å². The van der Waals surface area contributed by atoms with Crippen molar-refractivity contribution in [3.63, 3.8) is 0 Å². The highest BCUT2D eigenvalue weighted by Gasteiger charge is 2.38. The molecule has 1 aromatic heterocycles. The predicted molar refractivity (Wildman–Crippen MR) is 202 cm³/mol. The number of carbonyl (C=O) groups is 5. The maximum atomic E-state index is 14.1. The zero-order valence-electron chi connectivity index (χ0n) is 30.5. The van der Waals surface area contributed by atoms with Crippen molar-refractivity contribution in [1.82, 2.24) is 35.9 Å². The summed E-state index contributed by atoms with van der Waals surface area (Å²) in [6.45, 7) is 2.70. The number of likely N-dealkylation sites (tertiary alicyclic amines) is 2. The quantitative estimate of drug-likeness (QED) is 0.145. The Morgan fingerprint density at radius 2 is 1.52 bits per heavy atom. The molecule has 3 atom stereocenters. The number of piperidine rings is 1. The van der Waals surface area contributed by atoms with Crippen molar-refractivity contribution in [2.75, 3.05) is 32.7 Å². The molecule has 0 spiro atoms. The number of pyridine rings is 1. The number of hydrazine groups is 1. The third kappa shape index (κ3) is 12.4. The number of urea groups is 1. The molecule has 2 aliphatic rings. The van der Waals surface area contributed by atoms with E-state index >= 15 is 0 Å². The van der Waals surface area contributed by atoms with E-state index < -0.39 is 47.8 Å². The summed E-state index contributed by atoms with van der Waals surface area (Å²) in [6, 6.07) is 18.6. The van der Waals surface area contributed by atoms with E-state index in [9.17, 15) is 29.1 Å². The second-order valence-electron chi connectivity index (χ2n) is 13.7. The number of carboxylic acids is 1. The number of aromatic nitrogens is 1. The van der Waals surface area contributed by atoms with Gasteiger partial charge in [0.15, 0.2) is 0 Å². The van der Waals surface area contributed by atoms with Crippen LogP contribution in [-0.4, -0.2) is 105 Å². The minimum absolute atomic E-state index is 0.0496. The van der Waals surface area contributed by atoms with Gasteiger partial charge in [0.2, 0.25) is 17.7 Å². The standard InChI is InChI=1S/C41H49N7O6/c49-37(28-32-16-6-2-7-17-32)45-48(25-11-10-23-46-21-8-3-9-22-46)41(54)47-24-13-19-36(47)40(53)44-35(27-33-18-12-20-42-30-33)39(52)43-34(29-38(50)51)26-31-14-4-1-5-15-31/h1-2,4-7,12,14-18,20,30,34-36H,3,8-9,13,19,21-29H2,(H,43,52)(H,44,53)(H,45,49)(H,50,51)/t34-,35-,36-/m0/s1. The fourth-order valence-electron chi connectivity index (χ4n) is 6.79. The van der Waals surface area contributed by atoms with Crippen molar-refractivity contribution < 1.29 is 29.1 Å². The zero-order chi connectivity index (χ0) is 38.1. The van der Waals surface area contributed by atoms with Gasteiger partial charge < -0.3 is 20.6 Å². The maximum Gasteiger partial charge on any atom is 0.340 e. The van der Waals surface area contributed by atoms with Crippen molar-refractivity contribution in [2.24, 2.45) is 0 Å². The number of benzene rings is 2. The highest BCUT2D eigenvalue weighted by Crippen LogP contribution is 2.20. The van der Waals surface area contributed by atoms with E-state index in [0.717, 1.165) is 37.1 Å². The van der Waals surface area contributed by atoms with Crippen molar-refractivity contribution >= 4 is 29.7 Å². The second kappa shape index (κ2) is 20.5. The maximum absolute atomic E-state index is 14.1. The number of nitrogens with zero attached hydrogens (tertiary/aromatic N) is 4. The molecule has 13 heteroatoms. The Balaban J connectivity index is 1.30. The Hall–Kier alpha value is -5.74. The van der Waals surface area contributed by atoms with Gasteiger partial charge in [0, 0.05) is 31.4 Å². The molecule has 2 aromatic carbocycles. The first-order chi connectivity index (χ1) is 26.2. The minimum atomic E-state index is -1.09. The highest BCUT2D eigenvalue weighted by molar-refractivity contribution is 5.93. The number of amides is 5. The smallest absolute Gasteiger partial charge is 0.340 e. The van der Waals surface area contributed by atoms with E-state index in [4.69, 9.17) is 0 Å². The van der Waals surface area contributed by atoms with Gasteiger partial charge in [-0.3, -0.25) is 34.5 Å². The normalized spacial score (nSPS) is 16.6. The van der Waals surface area contributed by atoms with Crippen molar-refractivity contribution in [3.05, 3.63) is 102 Å². The van der Waals surface area contributed by atoms with Crippen LogP contribution < -0.4 is 16.1 Å². The average Bonchev–Trinajstić information content (AvgIpc) is 3.67. The summed E-state index contributed by atoms with van der Waals surface area (Å²) >= 11 is 0. The molecule has 3 aromatic rings. The number of nitrogens with one attached hydrogen (secondary N) is 3. The van der Waals surface area contributed by atoms with Crippen LogP contribution in [0.2, 0.25) is 0 Å². The Morgan fingerprint density at radius 1 is 0.815 bits per heavy atom. The van der Waals surface area contributed by atoms with Crippen LogP contribution in [0.15, 0.2) is 85.2 Å². The first-order valence-corrected chi connectivity index (χ1v) is 18.6. The molecule has 0 unspecified atom stereocenters. The second-order valence-corrected chi connectivity index (χ2v) is 13.7. The third-order valence-electron chi connectivity index (χ3n) is 9.50. The summed E-state index contributed by atoms with van der Waals surface area (Å²) in [5, 5.41) is 16.5. The largest absolute Gasteiger partial charge is 0.481 e. The summed E-state index contributed by atoms with van der Waals surface area (Å²) in [5.74, 6) is 3.63. The Kier molecular flexibility index (Phi) is 15.0.